The monoisotopic (exact) mass is 331 g/mol. The molecule has 1 heterocycles. The van der Waals surface area contributed by atoms with E-state index in [0.717, 1.165) is 5.69 Å². The molecular weight excluding hydrogens is 314 g/mol. The van der Waals surface area contributed by atoms with Gasteiger partial charge in [0, 0.05) is 19.8 Å². The van der Waals surface area contributed by atoms with Crippen LogP contribution in [0.3, 0.4) is 0 Å². The van der Waals surface area contributed by atoms with E-state index in [-0.39, 0.29) is 5.76 Å². The van der Waals surface area contributed by atoms with Crippen LogP contribution in [0.1, 0.15) is 20.9 Å². The third-order valence-electron chi connectivity index (χ3n) is 3.01. The summed E-state index contributed by atoms with van der Waals surface area (Å²) in [6.07, 6.45) is 1.33. The molecule has 1 aromatic carbocycles. The molecule has 2 amide bonds. The number of nitrogens with one attached hydrogen (secondary N) is 2. The minimum atomic E-state index is -0.673. The van der Waals surface area contributed by atoms with Gasteiger partial charge in [0.2, 0.25) is 0 Å². The van der Waals surface area contributed by atoms with Crippen LogP contribution in [0.25, 0.3) is 0 Å². The number of amides is 2. The van der Waals surface area contributed by atoms with Crippen LogP contribution in [0.2, 0.25) is 0 Å². The molecule has 0 saturated carbocycles. The van der Waals surface area contributed by atoms with E-state index in [4.69, 9.17) is 9.15 Å². The number of anilines is 1. The predicted molar refractivity (Wildman–Crippen MR) is 85.4 cm³/mol. The molecule has 2 N–H and O–H groups in total. The zero-order chi connectivity index (χ0) is 17.5. The van der Waals surface area contributed by atoms with Crippen LogP contribution in [0.5, 0.6) is 0 Å². The lowest BCUT2D eigenvalue weighted by Crippen LogP contribution is -2.43. The quantitative estimate of drug-likeness (QED) is 0.625. The molecule has 1 aromatic heterocycles. The lowest BCUT2D eigenvalue weighted by molar-refractivity contribution is -0.125. The van der Waals surface area contributed by atoms with Crippen molar-refractivity contribution in [1.82, 2.24) is 10.9 Å². The van der Waals surface area contributed by atoms with Gasteiger partial charge in [-0.25, -0.2) is 4.79 Å². The third-order valence-corrected chi connectivity index (χ3v) is 3.01. The van der Waals surface area contributed by atoms with Gasteiger partial charge >= 0.3 is 11.9 Å². The number of ether oxygens (including phenoxy) is 1. The highest BCUT2D eigenvalue weighted by Crippen LogP contribution is 2.12. The zero-order valence-corrected chi connectivity index (χ0v) is 13.2. The molecule has 0 saturated heterocycles. The molecule has 0 atom stereocenters. The maximum Gasteiger partial charge on any atom is 0.338 e. The van der Waals surface area contributed by atoms with Crippen molar-refractivity contribution in [2.24, 2.45) is 0 Å². The molecule has 0 spiro atoms. The van der Waals surface area contributed by atoms with Crippen LogP contribution in [-0.4, -0.2) is 38.5 Å². The molecule has 0 radical (unpaired) electrons. The number of nitrogens with zero attached hydrogens (tertiary/aromatic N) is 1. The van der Waals surface area contributed by atoms with Gasteiger partial charge < -0.3 is 14.1 Å². The van der Waals surface area contributed by atoms with Gasteiger partial charge in [0.15, 0.2) is 12.4 Å². The van der Waals surface area contributed by atoms with Crippen LogP contribution >= 0.6 is 0 Å². The van der Waals surface area contributed by atoms with Gasteiger partial charge in [-0.05, 0) is 36.4 Å². The number of rotatable bonds is 5. The number of carbonyl (C=O) groups excluding carboxylic acids is 3. The minimum Gasteiger partial charge on any atom is -0.459 e. The van der Waals surface area contributed by atoms with Crippen molar-refractivity contribution in [2.45, 2.75) is 0 Å². The fourth-order valence-electron chi connectivity index (χ4n) is 1.74. The number of esters is 1. The van der Waals surface area contributed by atoms with Gasteiger partial charge in [0.05, 0.1) is 11.8 Å². The Balaban J connectivity index is 1.76. The summed E-state index contributed by atoms with van der Waals surface area (Å²) in [6, 6.07) is 9.72. The van der Waals surface area contributed by atoms with E-state index in [1.165, 1.54) is 12.3 Å². The van der Waals surface area contributed by atoms with E-state index in [9.17, 15) is 14.4 Å². The van der Waals surface area contributed by atoms with E-state index >= 15 is 0 Å². The Bertz CT molecular complexity index is 708. The highest BCUT2D eigenvalue weighted by Gasteiger charge is 2.12. The molecule has 8 nitrogen and oxygen atoms in total. The maximum absolute atomic E-state index is 11.8. The summed E-state index contributed by atoms with van der Waals surface area (Å²) in [7, 11) is 3.77. The number of furan rings is 1. The average Bonchev–Trinajstić information content (AvgIpc) is 3.12. The lowest BCUT2D eigenvalue weighted by atomic mass is 10.2. The first-order valence-electron chi connectivity index (χ1n) is 7.04. The Kier molecular flexibility index (Phi) is 5.56. The van der Waals surface area contributed by atoms with Gasteiger partial charge in [-0.2, -0.15) is 0 Å². The van der Waals surface area contributed by atoms with E-state index in [1.54, 1.807) is 30.3 Å². The van der Waals surface area contributed by atoms with Crippen molar-refractivity contribution in [1.29, 1.82) is 0 Å². The van der Waals surface area contributed by atoms with Crippen molar-refractivity contribution in [3.63, 3.8) is 0 Å². The van der Waals surface area contributed by atoms with E-state index in [1.807, 2.05) is 19.0 Å². The molecule has 126 valence electrons. The van der Waals surface area contributed by atoms with Gasteiger partial charge in [-0.15, -0.1) is 0 Å². The number of hydrogen-bond acceptors (Lipinski definition) is 6. The summed E-state index contributed by atoms with van der Waals surface area (Å²) >= 11 is 0. The Morgan fingerprint density at radius 1 is 1.08 bits per heavy atom. The van der Waals surface area contributed by atoms with E-state index in [0.29, 0.717) is 5.56 Å². The van der Waals surface area contributed by atoms with Crippen molar-refractivity contribution in [2.75, 3.05) is 25.6 Å². The molecule has 0 aliphatic rings. The van der Waals surface area contributed by atoms with Crippen LogP contribution in [-0.2, 0) is 9.53 Å². The standard InChI is InChI=1S/C16H17N3O5/c1-19(2)12-7-5-11(6-8-12)16(22)24-10-14(20)17-18-15(21)13-4-3-9-23-13/h3-9H,10H2,1-2H3,(H,17,20)(H,18,21). The second-order valence-electron chi connectivity index (χ2n) is 5.00. The molecule has 24 heavy (non-hydrogen) atoms. The molecular formula is C16H17N3O5. The Morgan fingerprint density at radius 2 is 1.79 bits per heavy atom. The third kappa shape index (κ3) is 4.60. The van der Waals surface area contributed by atoms with Crippen molar-refractivity contribution < 1.29 is 23.5 Å². The minimum absolute atomic E-state index is 0.0493. The summed E-state index contributed by atoms with van der Waals surface area (Å²) in [5.74, 6) is -1.87. The summed E-state index contributed by atoms with van der Waals surface area (Å²) in [5.41, 5.74) is 5.52. The van der Waals surface area contributed by atoms with Crippen LogP contribution in [0.4, 0.5) is 5.69 Å². The number of carbonyl (C=O) groups is 3. The largest absolute Gasteiger partial charge is 0.459 e. The summed E-state index contributed by atoms with van der Waals surface area (Å²) in [5, 5.41) is 0. The summed E-state index contributed by atoms with van der Waals surface area (Å²) in [6.45, 7) is -0.521. The molecule has 2 rings (SSSR count). The number of hydrogen-bond donors (Lipinski definition) is 2. The normalized spacial score (nSPS) is 9.92. The maximum atomic E-state index is 11.8. The topological polar surface area (TPSA) is 101 Å². The summed E-state index contributed by atoms with van der Waals surface area (Å²) < 4.78 is 9.73. The first-order chi connectivity index (χ1) is 11.5. The van der Waals surface area contributed by atoms with Crippen LogP contribution in [0, 0.1) is 0 Å². The zero-order valence-electron chi connectivity index (χ0n) is 13.2. The van der Waals surface area contributed by atoms with Crippen molar-refractivity contribution in [3.05, 3.63) is 54.0 Å². The fourth-order valence-corrected chi connectivity index (χ4v) is 1.74. The fraction of sp³-hybridized carbons (Fsp3) is 0.188. The molecule has 8 heteroatoms. The van der Waals surface area contributed by atoms with E-state index in [2.05, 4.69) is 10.9 Å². The molecule has 0 bridgehead atoms. The van der Waals surface area contributed by atoms with Gasteiger partial charge in [0.1, 0.15) is 0 Å². The first kappa shape index (κ1) is 17.1. The van der Waals surface area contributed by atoms with Crippen LogP contribution in [0.15, 0.2) is 47.1 Å². The Hall–Kier alpha value is -3.29. The van der Waals surface area contributed by atoms with Gasteiger partial charge in [0.25, 0.3) is 5.91 Å². The van der Waals surface area contributed by atoms with Crippen molar-refractivity contribution >= 4 is 23.5 Å². The molecule has 0 fully saturated rings. The number of benzene rings is 1. The number of hydrazine groups is 1. The van der Waals surface area contributed by atoms with Crippen molar-refractivity contribution in [3.8, 4) is 0 Å². The molecule has 0 aliphatic heterocycles. The highest BCUT2D eigenvalue weighted by atomic mass is 16.5. The Morgan fingerprint density at radius 3 is 2.38 bits per heavy atom. The second kappa shape index (κ2) is 7.82. The highest BCUT2D eigenvalue weighted by molar-refractivity contribution is 5.94. The lowest BCUT2D eigenvalue weighted by Gasteiger charge is -2.12. The van der Waals surface area contributed by atoms with Gasteiger partial charge in [-0.3, -0.25) is 20.4 Å². The van der Waals surface area contributed by atoms with Crippen LogP contribution < -0.4 is 15.8 Å². The summed E-state index contributed by atoms with van der Waals surface area (Å²) in [4.78, 5) is 36.8. The van der Waals surface area contributed by atoms with Gasteiger partial charge in [-0.1, -0.05) is 0 Å². The van der Waals surface area contributed by atoms with E-state index < -0.39 is 24.4 Å². The average molecular weight is 331 g/mol. The molecule has 0 aliphatic carbocycles. The molecule has 0 unspecified atom stereocenters. The Labute approximate surface area is 138 Å². The second-order valence-corrected chi connectivity index (χ2v) is 5.00. The first-order valence-corrected chi connectivity index (χ1v) is 7.04. The predicted octanol–water partition coefficient (Wildman–Crippen LogP) is 0.964. The smallest absolute Gasteiger partial charge is 0.338 e. The SMILES string of the molecule is CN(C)c1ccc(C(=O)OCC(=O)NNC(=O)c2ccco2)cc1. The molecule has 2 aromatic rings.